The van der Waals surface area contributed by atoms with Gasteiger partial charge in [0.2, 0.25) is 11.8 Å². The van der Waals surface area contributed by atoms with Gasteiger partial charge >= 0.3 is 5.97 Å². The summed E-state index contributed by atoms with van der Waals surface area (Å²) in [7, 11) is 0. The van der Waals surface area contributed by atoms with Gasteiger partial charge in [-0.15, -0.1) is 0 Å². The summed E-state index contributed by atoms with van der Waals surface area (Å²) >= 11 is 0. The fraction of sp³-hybridized carbons (Fsp3) is 0.474. The Morgan fingerprint density at radius 2 is 1.85 bits per heavy atom. The van der Waals surface area contributed by atoms with Gasteiger partial charge in [0.05, 0.1) is 6.54 Å². The molecule has 1 saturated heterocycles. The quantitative estimate of drug-likeness (QED) is 0.762. The van der Waals surface area contributed by atoms with Crippen LogP contribution in [0.4, 0.5) is 0 Å². The first-order valence-corrected chi connectivity index (χ1v) is 8.98. The minimum absolute atomic E-state index is 0.0933. The number of rotatable bonds is 6. The average Bonchev–Trinajstić information content (AvgIpc) is 2.90. The van der Waals surface area contributed by atoms with E-state index in [-0.39, 0.29) is 36.9 Å². The molecule has 27 heavy (non-hydrogen) atoms. The van der Waals surface area contributed by atoms with Gasteiger partial charge < -0.3 is 20.2 Å². The Bertz CT molecular complexity index is 692. The molecule has 0 spiro atoms. The molecule has 1 aliphatic heterocycles. The van der Waals surface area contributed by atoms with Crippen LogP contribution in [0.15, 0.2) is 30.3 Å². The smallest absolute Gasteiger partial charge is 0.323 e. The molecule has 8 nitrogen and oxygen atoms in total. The van der Waals surface area contributed by atoms with Crippen molar-refractivity contribution >= 4 is 23.7 Å². The summed E-state index contributed by atoms with van der Waals surface area (Å²) in [5.74, 6) is -1.82. The Morgan fingerprint density at radius 3 is 2.48 bits per heavy atom. The maximum Gasteiger partial charge on any atom is 0.323 e. The van der Waals surface area contributed by atoms with E-state index in [9.17, 15) is 19.2 Å². The number of hydrogen-bond acceptors (Lipinski definition) is 4. The van der Waals surface area contributed by atoms with Crippen molar-refractivity contribution < 1.29 is 24.3 Å². The summed E-state index contributed by atoms with van der Waals surface area (Å²) in [6, 6.07) is 8.47. The van der Waals surface area contributed by atoms with Crippen molar-refractivity contribution in [2.45, 2.75) is 32.2 Å². The second-order valence-corrected chi connectivity index (χ2v) is 6.55. The van der Waals surface area contributed by atoms with Gasteiger partial charge in [-0.2, -0.15) is 0 Å². The molecule has 0 bridgehead atoms. The number of carboxylic acid groups (broad SMARTS) is 1. The van der Waals surface area contributed by atoms with Gasteiger partial charge in [-0.3, -0.25) is 19.2 Å². The number of carbonyl (C=O) groups excluding carboxylic acids is 3. The van der Waals surface area contributed by atoms with Crippen molar-refractivity contribution in [3.05, 3.63) is 35.9 Å². The second-order valence-electron chi connectivity index (χ2n) is 6.55. The van der Waals surface area contributed by atoms with E-state index in [0.717, 1.165) is 0 Å². The number of nitrogens with zero attached hydrogens (tertiary/aromatic N) is 2. The van der Waals surface area contributed by atoms with Crippen LogP contribution in [0.1, 0.15) is 36.5 Å². The number of carbonyl (C=O) groups is 4. The number of hydrogen-bond donors (Lipinski definition) is 2. The van der Waals surface area contributed by atoms with Gasteiger partial charge in [0.15, 0.2) is 0 Å². The van der Waals surface area contributed by atoms with Crippen LogP contribution in [-0.4, -0.2) is 70.8 Å². The fourth-order valence-electron chi connectivity index (χ4n) is 3.24. The van der Waals surface area contributed by atoms with Crippen LogP contribution in [0.2, 0.25) is 0 Å². The number of carboxylic acids is 1. The van der Waals surface area contributed by atoms with E-state index in [2.05, 4.69) is 5.32 Å². The lowest BCUT2D eigenvalue weighted by atomic mass is 10.1. The predicted molar refractivity (Wildman–Crippen MR) is 98.0 cm³/mol. The van der Waals surface area contributed by atoms with Gasteiger partial charge in [0, 0.05) is 31.6 Å². The number of likely N-dealkylation sites (tertiary alicyclic amines) is 1. The van der Waals surface area contributed by atoms with Crippen LogP contribution < -0.4 is 5.32 Å². The molecule has 3 amide bonds. The molecule has 1 unspecified atom stereocenters. The molecular formula is C19H25N3O5. The maximum atomic E-state index is 12.4. The molecule has 1 aromatic rings. The summed E-state index contributed by atoms with van der Waals surface area (Å²) in [5, 5.41) is 11.6. The van der Waals surface area contributed by atoms with Crippen LogP contribution in [0.5, 0.6) is 0 Å². The van der Waals surface area contributed by atoms with Gasteiger partial charge in [0.25, 0.3) is 5.91 Å². The topological polar surface area (TPSA) is 107 Å². The van der Waals surface area contributed by atoms with Crippen molar-refractivity contribution in [1.29, 1.82) is 0 Å². The number of nitrogens with one attached hydrogen (secondary N) is 1. The van der Waals surface area contributed by atoms with Gasteiger partial charge in [-0.25, -0.2) is 0 Å². The van der Waals surface area contributed by atoms with Crippen molar-refractivity contribution in [1.82, 2.24) is 15.1 Å². The molecule has 146 valence electrons. The standard InChI is InChI=1S/C19H25N3O5/c1-14(23)22(13-18(25)26)16-8-5-10-21(11-9-16)17(24)12-20-19(27)15-6-3-2-4-7-15/h2-4,6-7,16H,5,8-13H2,1H3,(H,20,27)(H,25,26). The van der Waals surface area contributed by atoms with E-state index >= 15 is 0 Å². The molecule has 1 heterocycles. The Labute approximate surface area is 158 Å². The molecular weight excluding hydrogens is 350 g/mol. The maximum absolute atomic E-state index is 12.4. The third-order valence-corrected chi connectivity index (χ3v) is 4.64. The van der Waals surface area contributed by atoms with Gasteiger partial charge in [-0.1, -0.05) is 18.2 Å². The molecule has 2 rings (SSSR count). The minimum Gasteiger partial charge on any atom is -0.480 e. The molecule has 1 aromatic carbocycles. The SMILES string of the molecule is CC(=O)N(CC(=O)O)C1CCCN(C(=O)CNC(=O)c2ccccc2)CC1. The summed E-state index contributed by atoms with van der Waals surface area (Å²) in [4.78, 5) is 50.2. The highest BCUT2D eigenvalue weighted by atomic mass is 16.4. The fourth-order valence-corrected chi connectivity index (χ4v) is 3.24. The van der Waals surface area contributed by atoms with Crippen LogP contribution in [-0.2, 0) is 14.4 Å². The third-order valence-electron chi connectivity index (χ3n) is 4.64. The molecule has 1 aliphatic rings. The largest absolute Gasteiger partial charge is 0.480 e. The number of amides is 3. The molecule has 0 radical (unpaired) electrons. The normalized spacial score (nSPS) is 16.9. The Balaban J connectivity index is 1.87. The zero-order valence-corrected chi connectivity index (χ0v) is 15.4. The van der Waals surface area contributed by atoms with Crippen LogP contribution >= 0.6 is 0 Å². The van der Waals surface area contributed by atoms with Crippen LogP contribution in [0.3, 0.4) is 0 Å². The summed E-state index contributed by atoms with van der Waals surface area (Å²) in [5.41, 5.74) is 0.493. The highest BCUT2D eigenvalue weighted by Crippen LogP contribution is 2.17. The molecule has 0 saturated carbocycles. The van der Waals surface area contributed by atoms with Crippen molar-refractivity contribution in [2.24, 2.45) is 0 Å². The van der Waals surface area contributed by atoms with Crippen molar-refractivity contribution in [3.8, 4) is 0 Å². The Kier molecular flexibility index (Phi) is 7.34. The van der Waals surface area contributed by atoms with Crippen molar-refractivity contribution in [2.75, 3.05) is 26.2 Å². The molecule has 8 heteroatoms. The van der Waals surface area contributed by atoms with E-state index in [0.29, 0.717) is 37.9 Å². The average molecular weight is 375 g/mol. The Morgan fingerprint density at radius 1 is 1.15 bits per heavy atom. The van der Waals surface area contributed by atoms with Gasteiger partial charge in [-0.05, 0) is 31.4 Å². The second kappa shape index (κ2) is 9.70. The molecule has 0 aromatic heterocycles. The van der Waals surface area contributed by atoms with E-state index < -0.39 is 5.97 Å². The van der Waals surface area contributed by atoms with E-state index in [1.807, 2.05) is 6.07 Å². The van der Waals surface area contributed by atoms with Crippen LogP contribution in [0, 0.1) is 0 Å². The Hall–Kier alpha value is -2.90. The minimum atomic E-state index is -1.05. The lowest BCUT2D eigenvalue weighted by Crippen LogP contribution is -2.44. The first-order chi connectivity index (χ1) is 12.9. The van der Waals surface area contributed by atoms with E-state index in [1.165, 1.54) is 11.8 Å². The highest BCUT2D eigenvalue weighted by molar-refractivity contribution is 5.96. The highest BCUT2D eigenvalue weighted by Gasteiger charge is 2.27. The lowest BCUT2D eigenvalue weighted by molar-refractivity contribution is -0.145. The molecule has 1 fully saturated rings. The monoisotopic (exact) mass is 375 g/mol. The molecule has 2 N–H and O–H groups in total. The zero-order valence-electron chi connectivity index (χ0n) is 15.4. The lowest BCUT2D eigenvalue weighted by Gasteiger charge is -2.28. The molecule has 1 atom stereocenters. The number of aliphatic carboxylic acids is 1. The predicted octanol–water partition coefficient (Wildman–Crippen LogP) is 0.731. The third kappa shape index (κ3) is 6.09. The van der Waals surface area contributed by atoms with Crippen LogP contribution in [0.25, 0.3) is 0 Å². The summed E-state index contributed by atoms with van der Waals surface area (Å²) in [6.07, 6.45) is 1.84. The van der Waals surface area contributed by atoms with E-state index in [4.69, 9.17) is 5.11 Å². The zero-order chi connectivity index (χ0) is 19.8. The summed E-state index contributed by atoms with van der Waals surface area (Å²) < 4.78 is 0. The van der Waals surface area contributed by atoms with Gasteiger partial charge in [0.1, 0.15) is 6.54 Å². The number of benzene rings is 1. The molecule has 0 aliphatic carbocycles. The first-order valence-electron chi connectivity index (χ1n) is 8.98. The summed E-state index contributed by atoms with van der Waals surface area (Å²) in [6.45, 7) is 1.88. The van der Waals surface area contributed by atoms with Crippen molar-refractivity contribution in [3.63, 3.8) is 0 Å². The van der Waals surface area contributed by atoms with E-state index in [1.54, 1.807) is 29.2 Å². The first kappa shape index (κ1) is 20.4.